The second-order valence-corrected chi connectivity index (χ2v) is 9.20. The predicted octanol–water partition coefficient (Wildman–Crippen LogP) is 4.76. The molecule has 1 aliphatic heterocycles. The number of nitrogen functional groups attached to an aromatic ring is 1. The predicted molar refractivity (Wildman–Crippen MR) is 142 cm³/mol. The molecule has 0 amide bonds. The first kappa shape index (κ1) is 23.1. The number of benzene rings is 2. The fourth-order valence-electron chi connectivity index (χ4n) is 4.76. The summed E-state index contributed by atoms with van der Waals surface area (Å²) in [6.45, 7) is 4.06. The van der Waals surface area contributed by atoms with E-state index in [0.29, 0.717) is 22.4 Å². The van der Waals surface area contributed by atoms with Crippen molar-refractivity contribution >= 4 is 22.5 Å². The van der Waals surface area contributed by atoms with Crippen LogP contribution in [0.3, 0.4) is 0 Å². The highest BCUT2D eigenvalue weighted by atomic mass is 19.2. The quantitative estimate of drug-likeness (QED) is 0.386. The molecular weight excluding hydrogens is 472 g/mol. The van der Waals surface area contributed by atoms with E-state index in [0.717, 1.165) is 43.4 Å². The first-order valence-corrected chi connectivity index (χ1v) is 12.1. The molecule has 9 heteroatoms. The molecule has 186 valence electrons. The molecule has 2 aromatic carbocycles. The van der Waals surface area contributed by atoms with Crippen molar-refractivity contribution in [2.45, 2.75) is 0 Å². The molecule has 0 atom stereocenters. The molecule has 0 bridgehead atoms. The van der Waals surface area contributed by atoms with Crippen molar-refractivity contribution < 1.29 is 8.78 Å². The third-order valence-corrected chi connectivity index (χ3v) is 6.86. The van der Waals surface area contributed by atoms with Gasteiger partial charge >= 0.3 is 0 Å². The molecule has 1 aliphatic rings. The number of anilines is 2. The Morgan fingerprint density at radius 1 is 0.892 bits per heavy atom. The minimum absolute atomic E-state index is 0.0324. The van der Waals surface area contributed by atoms with Gasteiger partial charge in [0.1, 0.15) is 17.2 Å². The molecule has 5 aromatic rings. The van der Waals surface area contributed by atoms with Crippen molar-refractivity contribution in [3.8, 4) is 28.2 Å². The molecule has 1 fully saturated rings. The topological polar surface area (TPSA) is 76.1 Å². The van der Waals surface area contributed by atoms with Crippen LogP contribution in [0.2, 0.25) is 0 Å². The van der Waals surface area contributed by atoms with E-state index in [1.54, 1.807) is 29.2 Å². The Labute approximate surface area is 212 Å². The summed E-state index contributed by atoms with van der Waals surface area (Å²) >= 11 is 0. The molecule has 6 rings (SSSR count). The summed E-state index contributed by atoms with van der Waals surface area (Å²) < 4.78 is 30.7. The minimum Gasteiger partial charge on any atom is -0.383 e. The van der Waals surface area contributed by atoms with E-state index in [4.69, 9.17) is 5.73 Å². The second kappa shape index (κ2) is 9.25. The molecule has 0 aliphatic carbocycles. The number of fused-ring (bicyclic) bond motifs is 1. The lowest BCUT2D eigenvalue weighted by Gasteiger charge is -2.34. The fraction of sp³-hybridized carbons (Fsp3) is 0.179. The number of aromatic nitrogens is 4. The van der Waals surface area contributed by atoms with Crippen molar-refractivity contribution in [1.29, 1.82) is 0 Å². The van der Waals surface area contributed by atoms with E-state index < -0.39 is 11.6 Å². The highest BCUT2D eigenvalue weighted by molar-refractivity contribution is 5.86. The number of hydrogen-bond donors (Lipinski definition) is 1. The lowest BCUT2D eigenvalue weighted by atomic mass is 10.0. The van der Waals surface area contributed by atoms with Gasteiger partial charge in [-0.05, 0) is 49.0 Å². The fourth-order valence-corrected chi connectivity index (χ4v) is 4.76. The van der Waals surface area contributed by atoms with Crippen molar-refractivity contribution in [3.63, 3.8) is 0 Å². The van der Waals surface area contributed by atoms with Crippen molar-refractivity contribution in [1.82, 2.24) is 24.4 Å². The summed E-state index contributed by atoms with van der Waals surface area (Å²) in [5.41, 5.74) is 10.9. The number of piperazine rings is 1. The molecule has 1 saturated heterocycles. The zero-order chi connectivity index (χ0) is 25.5. The van der Waals surface area contributed by atoms with Crippen LogP contribution in [0.5, 0.6) is 0 Å². The van der Waals surface area contributed by atoms with Crippen LogP contribution in [0.1, 0.15) is 0 Å². The zero-order valence-corrected chi connectivity index (χ0v) is 20.3. The van der Waals surface area contributed by atoms with Gasteiger partial charge in [0, 0.05) is 49.8 Å². The first-order chi connectivity index (χ1) is 18.0. The summed E-state index contributed by atoms with van der Waals surface area (Å²) in [4.78, 5) is 17.9. The van der Waals surface area contributed by atoms with Gasteiger partial charge in [0.15, 0.2) is 11.6 Å². The van der Waals surface area contributed by atoms with Crippen LogP contribution >= 0.6 is 0 Å². The normalized spacial score (nSPS) is 14.4. The summed E-state index contributed by atoms with van der Waals surface area (Å²) in [7, 11) is 2.14. The Kier molecular flexibility index (Phi) is 5.77. The highest BCUT2D eigenvalue weighted by Crippen LogP contribution is 2.35. The number of nitrogens with two attached hydrogens (primary N) is 1. The maximum Gasteiger partial charge on any atom is 0.182 e. The van der Waals surface area contributed by atoms with Gasteiger partial charge < -0.3 is 15.5 Å². The number of imidazole rings is 1. The maximum absolute atomic E-state index is 15.0. The number of likely N-dealkylation sites (N-methyl/N-ethyl adjacent to an activating group) is 1. The van der Waals surface area contributed by atoms with E-state index in [9.17, 15) is 8.78 Å². The van der Waals surface area contributed by atoms with Crippen LogP contribution in [0.15, 0.2) is 73.2 Å². The molecule has 0 spiro atoms. The Bertz CT molecular complexity index is 1590. The van der Waals surface area contributed by atoms with Crippen LogP contribution in [0.4, 0.5) is 20.3 Å². The van der Waals surface area contributed by atoms with Crippen LogP contribution in [0.25, 0.3) is 39.2 Å². The van der Waals surface area contributed by atoms with E-state index in [1.165, 1.54) is 17.8 Å². The van der Waals surface area contributed by atoms with Crippen molar-refractivity contribution in [2.75, 3.05) is 43.9 Å². The first-order valence-electron chi connectivity index (χ1n) is 12.1. The van der Waals surface area contributed by atoms with Crippen LogP contribution in [-0.4, -0.2) is 57.6 Å². The van der Waals surface area contributed by atoms with Gasteiger partial charge in [0.05, 0.1) is 23.0 Å². The average Bonchev–Trinajstić information content (AvgIpc) is 3.30. The summed E-state index contributed by atoms with van der Waals surface area (Å²) in [6.07, 6.45) is 4.87. The molecule has 7 nitrogen and oxygen atoms in total. The Morgan fingerprint density at radius 3 is 2.46 bits per heavy atom. The molecule has 0 radical (unpaired) electrons. The smallest absolute Gasteiger partial charge is 0.182 e. The molecule has 3 aromatic heterocycles. The standard InChI is InChI=1S/C28H25F2N7/c1-35-11-13-36(14-12-35)20-7-5-18(6-8-20)19-15-21(27(31)33-16-19)28-34-23-17-32-10-9-24(23)37(28)25-4-2-3-22(29)26(25)30/h2-10,15-17H,11-14H2,1H3,(H2,31,33). The Balaban J connectivity index is 1.44. The third-order valence-electron chi connectivity index (χ3n) is 6.86. The van der Waals surface area contributed by atoms with Crippen LogP contribution in [-0.2, 0) is 0 Å². The SMILES string of the molecule is CN1CCN(c2ccc(-c3cnc(N)c(-c4nc5cnccc5n4-c4cccc(F)c4F)c3)cc2)CC1. The van der Waals surface area contributed by atoms with Gasteiger partial charge in [-0.25, -0.2) is 18.7 Å². The van der Waals surface area contributed by atoms with Crippen molar-refractivity contribution in [2.24, 2.45) is 0 Å². The van der Waals surface area contributed by atoms with E-state index >= 15 is 0 Å². The van der Waals surface area contributed by atoms with E-state index in [-0.39, 0.29) is 11.5 Å². The molecular formula is C28H25F2N7. The lowest BCUT2D eigenvalue weighted by molar-refractivity contribution is 0.313. The Morgan fingerprint density at radius 2 is 1.68 bits per heavy atom. The summed E-state index contributed by atoms with van der Waals surface area (Å²) in [6, 6.07) is 16.0. The van der Waals surface area contributed by atoms with Gasteiger partial charge in [0.2, 0.25) is 0 Å². The monoisotopic (exact) mass is 497 g/mol. The summed E-state index contributed by atoms with van der Waals surface area (Å²) in [5, 5.41) is 0. The number of hydrogen-bond acceptors (Lipinski definition) is 6. The third kappa shape index (κ3) is 4.17. The summed E-state index contributed by atoms with van der Waals surface area (Å²) in [5.74, 6) is -1.32. The number of nitrogens with zero attached hydrogens (tertiary/aromatic N) is 6. The second-order valence-electron chi connectivity index (χ2n) is 9.20. The molecule has 2 N–H and O–H groups in total. The van der Waals surface area contributed by atoms with Crippen LogP contribution in [0, 0.1) is 11.6 Å². The Hall–Kier alpha value is -4.37. The molecule has 0 unspecified atom stereocenters. The van der Waals surface area contributed by atoms with Gasteiger partial charge in [0.25, 0.3) is 0 Å². The van der Waals surface area contributed by atoms with Gasteiger partial charge in [-0.3, -0.25) is 9.55 Å². The molecule has 4 heterocycles. The largest absolute Gasteiger partial charge is 0.383 e. The molecule has 37 heavy (non-hydrogen) atoms. The minimum atomic E-state index is -0.970. The average molecular weight is 498 g/mol. The van der Waals surface area contributed by atoms with Gasteiger partial charge in [-0.1, -0.05) is 18.2 Å². The zero-order valence-electron chi connectivity index (χ0n) is 20.3. The van der Waals surface area contributed by atoms with E-state index in [2.05, 4.69) is 56.1 Å². The number of halogens is 2. The highest BCUT2D eigenvalue weighted by Gasteiger charge is 2.21. The number of rotatable bonds is 4. The molecule has 0 saturated carbocycles. The van der Waals surface area contributed by atoms with Gasteiger partial charge in [-0.15, -0.1) is 0 Å². The maximum atomic E-state index is 15.0. The lowest BCUT2D eigenvalue weighted by Crippen LogP contribution is -2.44. The van der Waals surface area contributed by atoms with Crippen LogP contribution < -0.4 is 10.6 Å². The van der Waals surface area contributed by atoms with E-state index in [1.807, 2.05) is 6.07 Å². The van der Waals surface area contributed by atoms with Gasteiger partial charge in [-0.2, -0.15) is 0 Å². The number of pyridine rings is 2. The van der Waals surface area contributed by atoms with Crippen molar-refractivity contribution in [3.05, 3.63) is 84.8 Å².